The predicted molar refractivity (Wildman–Crippen MR) is 62.0 cm³/mol. The molecule has 2 N–H and O–H groups in total. The molecule has 0 saturated carbocycles. The molecule has 84 valence electrons. The number of thioether (sulfide) groups is 1. The van der Waals surface area contributed by atoms with Crippen molar-refractivity contribution in [3.63, 3.8) is 0 Å². The molecule has 0 aliphatic carbocycles. The standard InChI is InChI=1S/C10H21NO2S/c1-4-11-10(3,9(12)13)7-6-8-14-5-2/h11H,4-8H2,1-3H3,(H,12,13). The van der Waals surface area contributed by atoms with E-state index in [2.05, 4.69) is 12.2 Å². The molecule has 0 spiro atoms. The maximum atomic E-state index is 11.0. The van der Waals surface area contributed by atoms with E-state index < -0.39 is 11.5 Å². The van der Waals surface area contributed by atoms with E-state index in [4.69, 9.17) is 5.11 Å². The lowest BCUT2D eigenvalue weighted by molar-refractivity contribution is -0.144. The average molecular weight is 219 g/mol. The van der Waals surface area contributed by atoms with Gasteiger partial charge < -0.3 is 10.4 Å². The lowest BCUT2D eigenvalue weighted by atomic mass is 9.96. The third-order valence-corrected chi connectivity index (χ3v) is 3.19. The second kappa shape index (κ2) is 7.12. The van der Waals surface area contributed by atoms with Gasteiger partial charge >= 0.3 is 5.97 Å². The first kappa shape index (κ1) is 13.8. The first-order valence-corrected chi connectivity index (χ1v) is 6.28. The molecule has 0 aromatic carbocycles. The van der Waals surface area contributed by atoms with Crippen molar-refractivity contribution in [2.24, 2.45) is 0 Å². The van der Waals surface area contributed by atoms with Gasteiger partial charge in [-0.3, -0.25) is 4.79 Å². The number of carboxylic acid groups (broad SMARTS) is 1. The van der Waals surface area contributed by atoms with Crippen molar-refractivity contribution >= 4 is 17.7 Å². The summed E-state index contributed by atoms with van der Waals surface area (Å²) in [4.78, 5) is 11.0. The smallest absolute Gasteiger partial charge is 0.323 e. The number of likely N-dealkylation sites (N-methyl/N-ethyl adjacent to an activating group) is 1. The predicted octanol–water partition coefficient (Wildman–Crippen LogP) is 1.97. The Hall–Kier alpha value is -0.220. The molecule has 3 nitrogen and oxygen atoms in total. The molecular weight excluding hydrogens is 198 g/mol. The fourth-order valence-corrected chi connectivity index (χ4v) is 1.97. The van der Waals surface area contributed by atoms with Gasteiger partial charge in [-0.05, 0) is 37.8 Å². The number of carbonyl (C=O) groups is 1. The normalized spacial score (nSPS) is 15.1. The van der Waals surface area contributed by atoms with E-state index in [0.29, 0.717) is 13.0 Å². The number of carboxylic acids is 1. The van der Waals surface area contributed by atoms with Crippen molar-refractivity contribution < 1.29 is 9.90 Å². The Morgan fingerprint density at radius 3 is 2.57 bits per heavy atom. The van der Waals surface area contributed by atoms with E-state index in [1.807, 2.05) is 18.7 Å². The lowest BCUT2D eigenvalue weighted by Crippen LogP contribution is -2.49. The van der Waals surface area contributed by atoms with Crippen molar-refractivity contribution in [2.75, 3.05) is 18.1 Å². The van der Waals surface area contributed by atoms with Crippen LogP contribution >= 0.6 is 11.8 Å². The van der Waals surface area contributed by atoms with Gasteiger partial charge in [-0.25, -0.2) is 0 Å². The van der Waals surface area contributed by atoms with Gasteiger partial charge in [0.25, 0.3) is 0 Å². The highest BCUT2D eigenvalue weighted by Gasteiger charge is 2.30. The summed E-state index contributed by atoms with van der Waals surface area (Å²) >= 11 is 1.86. The molecule has 0 saturated heterocycles. The van der Waals surface area contributed by atoms with Crippen molar-refractivity contribution in [3.05, 3.63) is 0 Å². The quantitative estimate of drug-likeness (QED) is 0.613. The molecule has 1 atom stereocenters. The second-order valence-electron chi connectivity index (χ2n) is 3.47. The number of aliphatic carboxylic acids is 1. The van der Waals surface area contributed by atoms with Crippen molar-refractivity contribution in [2.45, 2.75) is 39.2 Å². The van der Waals surface area contributed by atoms with Gasteiger partial charge in [-0.15, -0.1) is 0 Å². The molecule has 0 rings (SSSR count). The Bertz CT molecular complexity index is 176. The fraction of sp³-hybridized carbons (Fsp3) is 0.900. The van der Waals surface area contributed by atoms with Crippen LogP contribution in [0.1, 0.15) is 33.6 Å². The van der Waals surface area contributed by atoms with Crippen molar-refractivity contribution in [1.29, 1.82) is 0 Å². The fourth-order valence-electron chi connectivity index (χ4n) is 1.33. The molecular formula is C10H21NO2S. The summed E-state index contributed by atoms with van der Waals surface area (Å²) in [6.45, 7) is 6.51. The number of nitrogens with one attached hydrogen (secondary N) is 1. The highest BCUT2D eigenvalue weighted by molar-refractivity contribution is 7.99. The zero-order valence-electron chi connectivity index (χ0n) is 9.30. The summed E-state index contributed by atoms with van der Waals surface area (Å²) in [5, 5.41) is 12.1. The topological polar surface area (TPSA) is 49.3 Å². The third-order valence-electron chi connectivity index (χ3n) is 2.21. The average Bonchev–Trinajstić information content (AvgIpc) is 2.13. The maximum absolute atomic E-state index is 11.0. The van der Waals surface area contributed by atoms with E-state index in [1.165, 1.54) is 0 Å². The summed E-state index contributed by atoms with van der Waals surface area (Å²) in [7, 11) is 0. The van der Waals surface area contributed by atoms with Gasteiger partial charge in [-0.2, -0.15) is 11.8 Å². The van der Waals surface area contributed by atoms with E-state index in [-0.39, 0.29) is 0 Å². The molecule has 0 amide bonds. The van der Waals surface area contributed by atoms with E-state index >= 15 is 0 Å². The Morgan fingerprint density at radius 1 is 1.50 bits per heavy atom. The Kier molecular flexibility index (Phi) is 7.01. The Labute approximate surface area is 90.7 Å². The second-order valence-corrected chi connectivity index (χ2v) is 4.86. The minimum Gasteiger partial charge on any atom is -0.480 e. The maximum Gasteiger partial charge on any atom is 0.323 e. The molecule has 0 aromatic heterocycles. The molecule has 0 heterocycles. The minimum absolute atomic E-state index is 0.698. The van der Waals surface area contributed by atoms with Crippen molar-refractivity contribution in [1.82, 2.24) is 5.32 Å². The summed E-state index contributed by atoms with van der Waals surface area (Å²) < 4.78 is 0. The van der Waals surface area contributed by atoms with Crippen LogP contribution in [-0.2, 0) is 4.79 Å². The van der Waals surface area contributed by atoms with Crippen LogP contribution in [0, 0.1) is 0 Å². The zero-order valence-corrected chi connectivity index (χ0v) is 10.1. The molecule has 0 aromatic rings. The van der Waals surface area contributed by atoms with Gasteiger partial charge in [0.2, 0.25) is 0 Å². The number of hydrogen-bond acceptors (Lipinski definition) is 3. The van der Waals surface area contributed by atoms with Crippen LogP contribution in [0.3, 0.4) is 0 Å². The van der Waals surface area contributed by atoms with E-state index in [9.17, 15) is 4.79 Å². The first-order valence-electron chi connectivity index (χ1n) is 5.13. The molecule has 0 bridgehead atoms. The SMILES string of the molecule is CCNC(C)(CCCSCC)C(=O)O. The van der Waals surface area contributed by atoms with Crippen LogP contribution < -0.4 is 5.32 Å². The van der Waals surface area contributed by atoms with Crippen molar-refractivity contribution in [3.8, 4) is 0 Å². The molecule has 0 radical (unpaired) electrons. The van der Waals surface area contributed by atoms with E-state index in [0.717, 1.165) is 17.9 Å². The van der Waals surface area contributed by atoms with Crippen LogP contribution in [0.4, 0.5) is 0 Å². The zero-order chi connectivity index (χ0) is 11.0. The summed E-state index contributed by atoms with van der Waals surface area (Å²) in [5.74, 6) is 1.40. The van der Waals surface area contributed by atoms with Crippen LogP contribution in [0.2, 0.25) is 0 Å². The van der Waals surface area contributed by atoms with Crippen LogP contribution in [0.5, 0.6) is 0 Å². The Morgan fingerprint density at radius 2 is 2.14 bits per heavy atom. The monoisotopic (exact) mass is 219 g/mol. The van der Waals surface area contributed by atoms with Gasteiger partial charge in [0.05, 0.1) is 0 Å². The van der Waals surface area contributed by atoms with Crippen LogP contribution in [0.15, 0.2) is 0 Å². The molecule has 0 fully saturated rings. The van der Waals surface area contributed by atoms with Gasteiger partial charge in [0, 0.05) is 0 Å². The van der Waals surface area contributed by atoms with Crippen LogP contribution in [0.25, 0.3) is 0 Å². The van der Waals surface area contributed by atoms with E-state index in [1.54, 1.807) is 6.92 Å². The summed E-state index contributed by atoms with van der Waals surface area (Å²) in [5.41, 5.74) is -0.747. The molecule has 0 aliphatic heterocycles. The van der Waals surface area contributed by atoms with Gasteiger partial charge in [-0.1, -0.05) is 13.8 Å². The molecule has 1 unspecified atom stereocenters. The lowest BCUT2D eigenvalue weighted by Gasteiger charge is -2.25. The van der Waals surface area contributed by atoms with Crippen LogP contribution in [-0.4, -0.2) is 34.7 Å². The van der Waals surface area contributed by atoms with Gasteiger partial charge in [0.15, 0.2) is 0 Å². The number of rotatable bonds is 8. The van der Waals surface area contributed by atoms with Gasteiger partial charge in [0.1, 0.15) is 5.54 Å². The minimum atomic E-state index is -0.749. The molecule has 14 heavy (non-hydrogen) atoms. The molecule has 0 aliphatic rings. The summed E-state index contributed by atoms with van der Waals surface area (Å²) in [6, 6.07) is 0. The highest BCUT2D eigenvalue weighted by atomic mass is 32.2. The molecule has 4 heteroatoms. The number of hydrogen-bond donors (Lipinski definition) is 2. The third kappa shape index (κ3) is 4.86. The first-order chi connectivity index (χ1) is 6.56. The highest BCUT2D eigenvalue weighted by Crippen LogP contribution is 2.15. The largest absolute Gasteiger partial charge is 0.480 e. The Balaban J connectivity index is 3.90. The summed E-state index contributed by atoms with van der Waals surface area (Å²) in [6.07, 6.45) is 1.65.